The summed E-state index contributed by atoms with van der Waals surface area (Å²) in [4.78, 5) is 11.5. The van der Waals surface area contributed by atoms with Crippen molar-refractivity contribution >= 4 is 27.8 Å². The summed E-state index contributed by atoms with van der Waals surface area (Å²) in [5.41, 5.74) is 13.5. The maximum absolute atomic E-state index is 11.5. The van der Waals surface area contributed by atoms with Gasteiger partial charge in [0.05, 0.1) is 25.3 Å². The van der Waals surface area contributed by atoms with Gasteiger partial charge in [-0.05, 0) is 110 Å². The first-order chi connectivity index (χ1) is 23.4. The minimum Gasteiger partial charge on any atom is -0.496 e. The van der Waals surface area contributed by atoms with E-state index in [0.29, 0.717) is 0 Å². The van der Waals surface area contributed by atoms with Crippen molar-refractivity contribution in [2.45, 2.75) is 65.5 Å². The van der Waals surface area contributed by atoms with Crippen molar-refractivity contribution in [2.24, 2.45) is 0 Å². The Morgan fingerprint density at radius 3 is 1.60 bits per heavy atom. The number of nitrogens with zero attached hydrogens (tertiary/aromatic N) is 2. The van der Waals surface area contributed by atoms with Crippen LogP contribution in [0.25, 0.3) is 21.8 Å². The lowest BCUT2D eigenvalue weighted by atomic mass is 10.1. The molecule has 0 aliphatic heterocycles. The van der Waals surface area contributed by atoms with Gasteiger partial charge in [-0.3, -0.25) is 0 Å². The molecule has 6 nitrogen and oxygen atoms in total. The highest BCUT2D eigenvalue weighted by Crippen LogP contribution is 2.40. The number of hydrogen-bond donors (Lipinski definition) is 0. The zero-order valence-corrected chi connectivity index (χ0v) is 28.5. The third kappa shape index (κ3) is 6.08. The second-order valence-electron chi connectivity index (χ2n) is 13.0. The summed E-state index contributed by atoms with van der Waals surface area (Å²) in [6.45, 7) is 6.03. The van der Waals surface area contributed by atoms with Gasteiger partial charge in [0.15, 0.2) is 6.61 Å². The number of hydrogen-bond acceptors (Lipinski definition) is 4. The molecule has 48 heavy (non-hydrogen) atoms. The smallest absolute Gasteiger partial charge is 0.343 e. The quantitative estimate of drug-likeness (QED) is 0.157. The number of rotatable bonds is 8. The number of aryl methyl sites for hydroxylation is 6. The number of fused-ring (bicyclic) bond motifs is 6. The van der Waals surface area contributed by atoms with Crippen LogP contribution < -0.4 is 9.47 Å². The molecule has 0 N–H and O–H groups in total. The van der Waals surface area contributed by atoms with Crippen molar-refractivity contribution in [3.8, 4) is 11.5 Å². The Morgan fingerprint density at radius 1 is 0.646 bits per heavy atom. The third-order valence-corrected chi connectivity index (χ3v) is 10.0. The fourth-order valence-electron chi connectivity index (χ4n) is 7.67. The Labute approximate surface area is 282 Å². The molecule has 0 unspecified atom stereocenters. The molecule has 0 bridgehead atoms. The zero-order chi connectivity index (χ0) is 33.2. The van der Waals surface area contributed by atoms with Crippen molar-refractivity contribution in [3.05, 3.63) is 130 Å². The molecule has 4 aromatic carbocycles. The van der Waals surface area contributed by atoms with Gasteiger partial charge in [0.25, 0.3) is 0 Å². The number of aromatic nitrogens is 2. The molecular formula is C42H44N2O4. The molecule has 0 fully saturated rings. The molecule has 2 heterocycles. The van der Waals surface area contributed by atoms with E-state index in [2.05, 4.69) is 102 Å². The van der Waals surface area contributed by atoms with E-state index in [1.165, 1.54) is 94.0 Å². The van der Waals surface area contributed by atoms with Crippen molar-refractivity contribution in [1.82, 2.24) is 9.13 Å². The maximum atomic E-state index is 11.5. The molecule has 6 aromatic rings. The molecule has 2 aliphatic rings. The van der Waals surface area contributed by atoms with Gasteiger partial charge in [-0.15, -0.1) is 0 Å². The molecule has 0 spiro atoms. The van der Waals surface area contributed by atoms with Gasteiger partial charge in [0, 0.05) is 35.2 Å². The van der Waals surface area contributed by atoms with Gasteiger partial charge >= 0.3 is 5.97 Å². The van der Waals surface area contributed by atoms with Crippen LogP contribution in [0, 0.1) is 13.8 Å². The normalized spacial score (nSPS) is 13.2. The highest BCUT2D eigenvalue weighted by molar-refractivity contribution is 5.93. The molecule has 246 valence electrons. The molecule has 2 aromatic heterocycles. The summed E-state index contributed by atoms with van der Waals surface area (Å²) >= 11 is 0. The molecule has 0 amide bonds. The predicted molar refractivity (Wildman–Crippen MR) is 193 cm³/mol. The van der Waals surface area contributed by atoms with E-state index in [-0.39, 0.29) is 12.6 Å². The summed E-state index contributed by atoms with van der Waals surface area (Å²) in [5, 5.41) is 2.35. The summed E-state index contributed by atoms with van der Waals surface area (Å²) in [6, 6.07) is 30.0. The zero-order valence-electron chi connectivity index (χ0n) is 28.5. The molecule has 0 saturated heterocycles. The first-order valence-electron chi connectivity index (χ1n) is 17.1. The molecule has 0 saturated carbocycles. The second kappa shape index (κ2) is 13.6. The third-order valence-electron chi connectivity index (χ3n) is 10.0. The highest BCUT2D eigenvalue weighted by atomic mass is 16.6. The minimum absolute atomic E-state index is 0.0622. The Kier molecular flexibility index (Phi) is 8.98. The fraction of sp³-hybridized carbons (Fsp3) is 0.310. The summed E-state index contributed by atoms with van der Waals surface area (Å²) in [5.74, 6) is 1.44. The Morgan fingerprint density at radius 2 is 1.12 bits per heavy atom. The van der Waals surface area contributed by atoms with E-state index in [4.69, 9.17) is 14.2 Å². The maximum Gasteiger partial charge on any atom is 0.343 e. The molecule has 2 aliphatic carbocycles. The largest absolute Gasteiger partial charge is 0.496 e. The second-order valence-corrected chi connectivity index (χ2v) is 13.0. The van der Waals surface area contributed by atoms with E-state index in [1.54, 1.807) is 7.11 Å². The lowest BCUT2D eigenvalue weighted by Gasteiger charge is -2.14. The van der Waals surface area contributed by atoms with Crippen molar-refractivity contribution < 1.29 is 19.0 Å². The lowest BCUT2D eigenvalue weighted by Crippen LogP contribution is -2.13. The Bertz CT molecular complexity index is 2090. The van der Waals surface area contributed by atoms with Crippen LogP contribution in [-0.4, -0.2) is 35.9 Å². The van der Waals surface area contributed by atoms with Crippen LogP contribution in [0.15, 0.2) is 84.9 Å². The Balaban J connectivity index is 0.000000154. The monoisotopic (exact) mass is 640 g/mol. The molecule has 6 heteroatoms. The molecule has 8 rings (SSSR count). The summed E-state index contributed by atoms with van der Waals surface area (Å²) in [7, 11) is 3.16. The van der Waals surface area contributed by atoms with E-state index in [1.807, 2.05) is 6.07 Å². The number of carbonyl (C=O) groups excluding carboxylic acids is 1. The van der Waals surface area contributed by atoms with Gasteiger partial charge in [-0.25, -0.2) is 4.79 Å². The van der Waals surface area contributed by atoms with E-state index >= 15 is 0 Å². The Hall–Kier alpha value is -4.97. The SMILES string of the molecule is COC(=O)COc1cc2c(c3c1cc(C)n3Cc1ccccc1)CCC2.COc1cc2c(c3c1cc(C)n3Cc1ccccc1)CCC2. The highest BCUT2D eigenvalue weighted by Gasteiger charge is 2.23. The average molecular weight is 641 g/mol. The van der Waals surface area contributed by atoms with Gasteiger partial charge in [-0.1, -0.05) is 60.7 Å². The van der Waals surface area contributed by atoms with Crippen molar-refractivity contribution in [3.63, 3.8) is 0 Å². The first kappa shape index (κ1) is 31.6. The van der Waals surface area contributed by atoms with Crippen LogP contribution in [0.2, 0.25) is 0 Å². The molecule has 0 atom stereocenters. The number of ether oxygens (including phenoxy) is 3. The topological polar surface area (TPSA) is 54.6 Å². The summed E-state index contributed by atoms with van der Waals surface area (Å²) in [6.07, 6.45) is 6.95. The van der Waals surface area contributed by atoms with Gasteiger partial charge in [0.2, 0.25) is 0 Å². The average Bonchev–Trinajstić information content (AvgIpc) is 3.91. The minimum atomic E-state index is -0.362. The van der Waals surface area contributed by atoms with Crippen LogP contribution >= 0.6 is 0 Å². The van der Waals surface area contributed by atoms with Crippen molar-refractivity contribution in [2.75, 3.05) is 20.8 Å². The van der Waals surface area contributed by atoms with Gasteiger partial charge < -0.3 is 23.3 Å². The van der Waals surface area contributed by atoms with Gasteiger partial charge in [0.1, 0.15) is 11.5 Å². The predicted octanol–water partition coefficient (Wildman–Crippen LogP) is 8.53. The molecule has 0 radical (unpaired) electrons. The lowest BCUT2D eigenvalue weighted by molar-refractivity contribution is -0.142. The number of methoxy groups -OCH3 is 2. The standard InChI is InChI=1S/C22H23NO3.C20H21NO/c1-15-11-19-20(26-14-21(24)25-2)12-17-9-6-10-18(17)22(19)23(15)13-16-7-4-3-5-8-16;1-14-11-18-19(22-2)12-16-9-6-10-17(16)20(18)21(14)13-15-7-4-3-5-8-15/h3-5,7-8,11-12H,6,9-10,13-14H2,1-2H3;3-5,7-8,11-12H,6,9-10,13H2,1-2H3. The summed E-state index contributed by atoms with van der Waals surface area (Å²) < 4.78 is 21.0. The van der Waals surface area contributed by atoms with E-state index in [9.17, 15) is 4.79 Å². The van der Waals surface area contributed by atoms with Crippen molar-refractivity contribution in [1.29, 1.82) is 0 Å². The molecular weight excluding hydrogens is 596 g/mol. The number of carbonyl (C=O) groups is 1. The van der Waals surface area contributed by atoms with Crippen LogP contribution in [-0.2, 0) is 48.3 Å². The van der Waals surface area contributed by atoms with Crippen LogP contribution in [0.1, 0.15) is 57.6 Å². The van der Waals surface area contributed by atoms with Crippen LogP contribution in [0.4, 0.5) is 0 Å². The number of benzene rings is 4. The van der Waals surface area contributed by atoms with E-state index in [0.717, 1.165) is 42.8 Å². The number of esters is 1. The fourth-order valence-corrected chi connectivity index (χ4v) is 7.67. The van der Waals surface area contributed by atoms with Gasteiger partial charge in [-0.2, -0.15) is 0 Å². The van der Waals surface area contributed by atoms with Crippen LogP contribution in [0.5, 0.6) is 11.5 Å². The van der Waals surface area contributed by atoms with Crippen LogP contribution in [0.3, 0.4) is 0 Å². The van der Waals surface area contributed by atoms with E-state index < -0.39 is 0 Å². The first-order valence-corrected chi connectivity index (χ1v) is 17.1.